The Hall–Kier alpha value is -3.87. The van der Waals surface area contributed by atoms with Gasteiger partial charge in [0, 0.05) is 52.5 Å². The van der Waals surface area contributed by atoms with Gasteiger partial charge in [-0.3, -0.25) is 4.98 Å². The van der Waals surface area contributed by atoms with Crippen molar-refractivity contribution >= 4 is 33.9 Å². The number of aromatic nitrogens is 3. The van der Waals surface area contributed by atoms with Crippen LogP contribution in [0.1, 0.15) is 16.7 Å². The van der Waals surface area contributed by atoms with Gasteiger partial charge in [-0.05, 0) is 36.8 Å². The lowest BCUT2D eigenvalue weighted by Crippen LogP contribution is -2.00. The average Bonchev–Trinajstić information content (AvgIpc) is 3.20. The van der Waals surface area contributed by atoms with E-state index in [0.717, 1.165) is 22.2 Å². The summed E-state index contributed by atoms with van der Waals surface area (Å²) < 4.78 is 0. The molecule has 28 heavy (non-hydrogen) atoms. The summed E-state index contributed by atoms with van der Waals surface area (Å²) in [6, 6.07) is 11.8. The normalized spacial score (nSPS) is 10.4. The predicted molar refractivity (Wildman–Crippen MR) is 108 cm³/mol. The second-order valence-corrected chi connectivity index (χ2v) is 6.56. The fraction of sp³-hybridized carbons (Fsp3) is 0.0476. The van der Waals surface area contributed by atoms with Crippen LogP contribution in [0.4, 0.5) is 11.4 Å². The molecule has 3 heterocycles. The van der Waals surface area contributed by atoms with Crippen molar-refractivity contribution in [2.75, 3.05) is 5.32 Å². The molecule has 2 N–H and O–H groups in total. The molecule has 0 atom stereocenters. The summed E-state index contributed by atoms with van der Waals surface area (Å²) in [5, 5.41) is 23.5. The molecule has 1 aromatic carbocycles. The van der Waals surface area contributed by atoms with Crippen molar-refractivity contribution in [3.63, 3.8) is 0 Å². The summed E-state index contributed by atoms with van der Waals surface area (Å²) in [6.45, 7) is 2.01. The van der Waals surface area contributed by atoms with Gasteiger partial charge in [-0.15, -0.1) is 0 Å². The minimum atomic E-state index is 0.233. The molecule has 0 saturated heterocycles. The summed E-state index contributed by atoms with van der Waals surface area (Å²) >= 11 is 6.29. The molecule has 0 aliphatic carbocycles. The van der Waals surface area contributed by atoms with Gasteiger partial charge in [0.25, 0.3) is 0 Å². The molecular weight excluding hydrogens is 372 g/mol. The number of benzene rings is 1. The minimum absolute atomic E-state index is 0.233. The molecule has 134 valence electrons. The van der Waals surface area contributed by atoms with Crippen LogP contribution in [0.3, 0.4) is 0 Å². The summed E-state index contributed by atoms with van der Waals surface area (Å²) in [6.07, 6.45) is 6.40. The van der Waals surface area contributed by atoms with Gasteiger partial charge < -0.3 is 10.3 Å². The molecule has 0 bridgehead atoms. The van der Waals surface area contributed by atoms with Crippen LogP contribution in [0, 0.1) is 29.6 Å². The molecule has 0 aliphatic rings. The number of nitrogens with zero attached hydrogens (tertiary/aromatic N) is 4. The van der Waals surface area contributed by atoms with E-state index in [2.05, 4.69) is 32.4 Å². The first-order chi connectivity index (χ1) is 13.6. The highest BCUT2D eigenvalue weighted by Crippen LogP contribution is 2.37. The Morgan fingerprint density at radius 2 is 1.93 bits per heavy atom. The van der Waals surface area contributed by atoms with E-state index in [1.165, 1.54) is 12.4 Å². The van der Waals surface area contributed by atoms with E-state index < -0.39 is 0 Å². The fourth-order valence-corrected chi connectivity index (χ4v) is 3.34. The Labute approximate surface area is 166 Å². The van der Waals surface area contributed by atoms with E-state index in [9.17, 15) is 10.5 Å². The minimum Gasteiger partial charge on any atom is -0.361 e. The van der Waals surface area contributed by atoms with Crippen LogP contribution in [-0.4, -0.2) is 15.0 Å². The summed E-state index contributed by atoms with van der Waals surface area (Å²) in [5.74, 6) is 0. The lowest BCUT2D eigenvalue weighted by atomic mass is 10.0. The largest absolute Gasteiger partial charge is 0.361 e. The molecule has 7 heteroatoms. The first-order valence-electron chi connectivity index (χ1n) is 8.40. The van der Waals surface area contributed by atoms with Crippen molar-refractivity contribution < 1.29 is 0 Å². The zero-order chi connectivity index (χ0) is 19.7. The number of aromatic amines is 1. The van der Waals surface area contributed by atoms with Crippen molar-refractivity contribution in [3.8, 4) is 23.3 Å². The molecule has 0 aliphatic heterocycles. The van der Waals surface area contributed by atoms with Crippen molar-refractivity contribution in [2.24, 2.45) is 0 Å². The van der Waals surface area contributed by atoms with Gasteiger partial charge in [0.1, 0.15) is 17.3 Å². The summed E-state index contributed by atoms with van der Waals surface area (Å²) in [7, 11) is 0. The van der Waals surface area contributed by atoms with Crippen LogP contribution in [-0.2, 0) is 0 Å². The molecule has 0 radical (unpaired) electrons. The highest BCUT2D eigenvalue weighted by atomic mass is 35.5. The third-order valence-electron chi connectivity index (χ3n) is 4.59. The van der Waals surface area contributed by atoms with E-state index in [4.69, 9.17) is 11.6 Å². The van der Waals surface area contributed by atoms with Gasteiger partial charge >= 0.3 is 0 Å². The Balaban J connectivity index is 1.91. The third-order valence-corrected chi connectivity index (χ3v) is 4.89. The second-order valence-electron chi connectivity index (χ2n) is 6.20. The van der Waals surface area contributed by atoms with Gasteiger partial charge in [0.15, 0.2) is 0 Å². The van der Waals surface area contributed by atoms with E-state index >= 15 is 0 Å². The van der Waals surface area contributed by atoms with Crippen molar-refractivity contribution in [2.45, 2.75) is 6.92 Å². The van der Waals surface area contributed by atoms with Gasteiger partial charge in [-0.25, -0.2) is 4.98 Å². The van der Waals surface area contributed by atoms with Crippen LogP contribution >= 0.6 is 11.6 Å². The van der Waals surface area contributed by atoms with Crippen molar-refractivity contribution in [1.29, 1.82) is 10.5 Å². The van der Waals surface area contributed by atoms with E-state index in [1.807, 2.05) is 31.3 Å². The summed E-state index contributed by atoms with van der Waals surface area (Å²) in [5.41, 5.74) is 5.37. The SMILES string of the molecule is Cc1c(Nc2c(C#N)cncc2-c2cc(C#N)cnc2Cl)ccc2[nH]ccc12. The number of hydrogen-bond donors (Lipinski definition) is 2. The van der Waals surface area contributed by atoms with Crippen LogP contribution in [0.2, 0.25) is 5.15 Å². The Morgan fingerprint density at radius 1 is 1.07 bits per heavy atom. The van der Waals surface area contributed by atoms with Crippen LogP contribution in [0.25, 0.3) is 22.0 Å². The maximum Gasteiger partial charge on any atom is 0.137 e. The van der Waals surface area contributed by atoms with Crippen LogP contribution < -0.4 is 5.32 Å². The van der Waals surface area contributed by atoms with E-state index in [1.54, 1.807) is 12.3 Å². The van der Waals surface area contributed by atoms with Crippen molar-refractivity contribution in [3.05, 3.63) is 70.9 Å². The zero-order valence-corrected chi connectivity index (χ0v) is 15.5. The zero-order valence-electron chi connectivity index (χ0n) is 14.8. The highest BCUT2D eigenvalue weighted by Gasteiger charge is 2.16. The highest BCUT2D eigenvalue weighted by molar-refractivity contribution is 6.32. The third kappa shape index (κ3) is 2.92. The number of halogens is 1. The Bertz CT molecular complexity index is 1290. The molecule has 4 rings (SSSR count). The Kier molecular flexibility index (Phi) is 4.41. The van der Waals surface area contributed by atoms with Gasteiger partial charge in [-0.2, -0.15) is 10.5 Å². The van der Waals surface area contributed by atoms with Gasteiger partial charge in [0.2, 0.25) is 0 Å². The molecule has 0 spiro atoms. The lowest BCUT2D eigenvalue weighted by Gasteiger charge is -2.16. The van der Waals surface area contributed by atoms with Crippen molar-refractivity contribution in [1.82, 2.24) is 15.0 Å². The van der Waals surface area contributed by atoms with E-state index in [0.29, 0.717) is 27.9 Å². The molecule has 3 aromatic heterocycles. The number of nitrogens with one attached hydrogen (secondary N) is 2. The number of aryl methyl sites for hydroxylation is 1. The monoisotopic (exact) mass is 384 g/mol. The number of hydrogen-bond acceptors (Lipinski definition) is 5. The molecule has 0 saturated carbocycles. The number of pyridine rings is 2. The molecule has 4 aromatic rings. The quantitative estimate of drug-likeness (QED) is 0.480. The molecule has 0 unspecified atom stereocenters. The predicted octanol–water partition coefficient (Wildman–Crippen LogP) is 5.07. The van der Waals surface area contributed by atoms with Gasteiger partial charge in [-0.1, -0.05) is 11.6 Å². The summed E-state index contributed by atoms with van der Waals surface area (Å²) in [4.78, 5) is 11.4. The number of nitriles is 2. The Morgan fingerprint density at radius 3 is 2.71 bits per heavy atom. The fourth-order valence-electron chi connectivity index (χ4n) is 3.14. The molecule has 6 nitrogen and oxygen atoms in total. The standard InChI is InChI=1S/C21H13ClN6/c1-12-15-4-5-26-19(15)3-2-18(12)28-20-14(8-24)10-25-11-17(20)16-6-13(7-23)9-27-21(16)22/h2-6,9-11,26H,1H3,(H,25,28). The maximum atomic E-state index is 9.61. The van der Waals surface area contributed by atoms with Crippen LogP contribution in [0.15, 0.2) is 49.1 Å². The molecular formula is C21H13ClN6. The molecule has 0 fully saturated rings. The maximum absolute atomic E-state index is 9.61. The first-order valence-corrected chi connectivity index (χ1v) is 8.78. The van der Waals surface area contributed by atoms with Gasteiger partial charge in [0.05, 0.1) is 16.8 Å². The number of anilines is 2. The van der Waals surface area contributed by atoms with E-state index in [-0.39, 0.29) is 5.15 Å². The second kappa shape index (κ2) is 7.03. The smallest absolute Gasteiger partial charge is 0.137 e. The first kappa shape index (κ1) is 17.5. The number of rotatable bonds is 3. The van der Waals surface area contributed by atoms with Crippen LogP contribution in [0.5, 0.6) is 0 Å². The average molecular weight is 385 g/mol. The lowest BCUT2D eigenvalue weighted by molar-refractivity contribution is 1.27. The number of fused-ring (bicyclic) bond motifs is 1. The topological polar surface area (TPSA) is 101 Å². The molecule has 0 amide bonds. The number of H-pyrrole nitrogens is 1.